The summed E-state index contributed by atoms with van der Waals surface area (Å²) in [5.74, 6) is 1.76. The number of benzene rings is 2. The third-order valence-electron chi connectivity index (χ3n) is 14.9. The molecule has 0 bridgehead atoms. The quantitative estimate of drug-likeness (QED) is 0.118. The number of halogens is 4. The first kappa shape index (κ1) is 68.1. The molecule has 9 N–H and O–H groups in total. The van der Waals surface area contributed by atoms with Gasteiger partial charge in [0.1, 0.15) is 35.8 Å². The number of nitrogens with one attached hydrogen (secondary N) is 7. The Morgan fingerprint density at radius 1 is 0.455 bits per heavy atom. The van der Waals surface area contributed by atoms with Gasteiger partial charge in [0.25, 0.3) is 0 Å². The van der Waals surface area contributed by atoms with Crippen LogP contribution in [-0.4, -0.2) is 124 Å². The van der Waals surface area contributed by atoms with Crippen LogP contribution in [0.15, 0.2) is 48.5 Å². The van der Waals surface area contributed by atoms with E-state index in [9.17, 15) is 27.2 Å². The standard InChI is InChI=1S/2C17H27FN2O.C9H19FN2.C9H16FNO.C9H17NO/c2*1-16(2)10-14(15(18)17(3,4)20-16)19-11-12-6-8-13(21-5)9-7-12;1-8(2)5-6(11)7(10)9(3,4)12-8;1-8(2)5-6(12)7(10)9(3,4)11-8;1-8(2)5-7(11)6-9(3,4)10-8/h2*6-9,14-15,19-20H,10-11H2,1-5H3;6-7,12H,5,11H2,1-4H3;7,11H,5H2,1-4H3;10H,5-6H2,1-4H3/t14-,15+;14-,15-;6-,7-;7-;/m1000./s1. The van der Waals surface area contributed by atoms with Crippen molar-refractivity contribution in [2.45, 2.75) is 288 Å². The number of hydrogen-bond donors (Lipinski definition) is 8. The van der Waals surface area contributed by atoms with Crippen LogP contribution in [0.25, 0.3) is 0 Å². The number of hydrogen-bond acceptors (Lipinski definition) is 12. The number of ketones is 2. The van der Waals surface area contributed by atoms with E-state index in [0.29, 0.717) is 38.1 Å². The molecule has 7 rings (SSSR count). The summed E-state index contributed by atoms with van der Waals surface area (Å²) in [7, 11) is 3.31. The van der Waals surface area contributed by atoms with Gasteiger partial charge >= 0.3 is 0 Å². The van der Waals surface area contributed by atoms with Crippen molar-refractivity contribution in [2.24, 2.45) is 5.73 Å². The number of Topliss-reactive ketones (excluding diaryl/α,β-unsaturated/α-hetero) is 2. The van der Waals surface area contributed by atoms with E-state index in [1.807, 2.05) is 104 Å². The summed E-state index contributed by atoms with van der Waals surface area (Å²) in [6.45, 7) is 41.0. The van der Waals surface area contributed by atoms with Gasteiger partial charge in [-0.2, -0.15) is 0 Å². The zero-order chi connectivity index (χ0) is 59.2. The first-order chi connectivity index (χ1) is 34.8. The molecule has 5 fully saturated rings. The van der Waals surface area contributed by atoms with Gasteiger partial charge in [0.05, 0.1) is 19.8 Å². The molecule has 0 spiro atoms. The maximum absolute atomic E-state index is 14.6. The molecule has 0 aliphatic carbocycles. The zero-order valence-electron chi connectivity index (χ0n) is 51.5. The molecule has 0 saturated carbocycles. The van der Waals surface area contributed by atoms with Crippen molar-refractivity contribution in [1.82, 2.24) is 37.2 Å². The Hall–Kier alpha value is -3.22. The summed E-state index contributed by atoms with van der Waals surface area (Å²) in [5.41, 5.74) is 5.25. The SMILES string of the molecule is CC1(C)CC(=O)CC(C)(C)N1.CC1(C)CC(=O)[C@H](F)C(C)(C)N1.CC1(C)C[C@H](N)[C@H](F)C(C)(C)N1.COc1ccc(CN[C@@H]2CC(C)(C)NC(C)(C)[C@H]2F)cc1.COc1ccc(CN[C@H]2CC(C)(C)NC(C)(C)[C@H]2F)cc1. The number of piperidine rings is 5. The van der Waals surface area contributed by atoms with Crippen molar-refractivity contribution in [3.63, 3.8) is 0 Å². The lowest BCUT2D eigenvalue weighted by Gasteiger charge is -2.49. The molecular formula is C61H106F4N8O4. The molecule has 0 unspecified atom stereocenters. The minimum absolute atomic E-state index is 0.0150. The average Bonchev–Trinajstić information content (AvgIpc) is 3.24. The van der Waals surface area contributed by atoms with E-state index in [0.717, 1.165) is 35.5 Å². The van der Waals surface area contributed by atoms with E-state index in [1.54, 1.807) is 28.1 Å². The third kappa shape index (κ3) is 21.3. The number of methoxy groups -OCH3 is 2. The zero-order valence-corrected chi connectivity index (χ0v) is 51.5. The fourth-order valence-electron chi connectivity index (χ4n) is 12.8. The Balaban J connectivity index is 0.000000261. The van der Waals surface area contributed by atoms with Crippen molar-refractivity contribution in [1.29, 1.82) is 0 Å². The normalized spacial score (nSPS) is 30.4. The Labute approximate surface area is 463 Å². The lowest BCUT2D eigenvalue weighted by molar-refractivity contribution is -0.131. The maximum Gasteiger partial charge on any atom is 0.176 e. The van der Waals surface area contributed by atoms with Crippen molar-refractivity contribution >= 4 is 11.6 Å². The van der Waals surface area contributed by atoms with E-state index in [4.69, 9.17) is 15.2 Å². The third-order valence-corrected chi connectivity index (χ3v) is 14.9. The highest BCUT2D eigenvalue weighted by Gasteiger charge is 2.49. The van der Waals surface area contributed by atoms with Gasteiger partial charge < -0.3 is 52.4 Å². The van der Waals surface area contributed by atoms with Crippen LogP contribution in [-0.2, 0) is 22.7 Å². The first-order valence-electron chi connectivity index (χ1n) is 27.8. The summed E-state index contributed by atoms with van der Waals surface area (Å²) in [6.07, 6.45) is -0.313. The van der Waals surface area contributed by atoms with E-state index in [2.05, 4.69) is 106 Å². The molecule has 442 valence electrons. The minimum Gasteiger partial charge on any atom is -0.497 e. The van der Waals surface area contributed by atoms with Gasteiger partial charge in [0.2, 0.25) is 0 Å². The number of carbonyl (C=O) groups is 2. The Morgan fingerprint density at radius 2 is 0.766 bits per heavy atom. The monoisotopic (exact) mass is 1090 g/mol. The van der Waals surface area contributed by atoms with Gasteiger partial charge in [0.15, 0.2) is 12.0 Å². The van der Waals surface area contributed by atoms with E-state index in [1.165, 1.54) is 0 Å². The van der Waals surface area contributed by atoms with Gasteiger partial charge in [-0.3, -0.25) is 9.59 Å². The highest BCUT2D eigenvalue weighted by atomic mass is 19.1. The molecule has 0 aromatic heterocycles. The molecule has 0 radical (unpaired) electrons. The summed E-state index contributed by atoms with van der Waals surface area (Å²) in [6, 6.07) is 15.1. The number of alkyl halides is 4. The number of carbonyl (C=O) groups excluding carboxylic acids is 2. The second-order valence-corrected chi connectivity index (χ2v) is 28.9. The topological polar surface area (TPSA) is 163 Å². The molecule has 5 aliphatic rings. The molecule has 5 heterocycles. The Morgan fingerprint density at radius 3 is 1.08 bits per heavy atom. The fourth-order valence-corrected chi connectivity index (χ4v) is 12.8. The highest BCUT2D eigenvalue weighted by molar-refractivity contribution is 5.86. The molecule has 77 heavy (non-hydrogen) atoms. The summed E-state index contributed by atoms with van der Waals surface area (Å²) in [4.78, 5) is 22.5. The summed E-state index contributed by atoms with van der Waals surface area (Å²) in [5, 5.41) is 23.4. The van der Waals surface area contributed by atoms with E-state index < -0.39 is 46.8 Å². The molecule has 7 atom stereocenters. The molecule has 12 nitrogen and oxygen atoms in total. The second kappa shape index (κ2) is 25.7. The molecule has 0 amide bonds. The van der Waals surface area contributed by atoms with Crippen molar-refractivity contribution in [2.75, 3.05) is 14.2 Å². The number of rotatable bonds is 8. The highest BCUT2D eigenvalue weighted by Crippen LogP contribution is 2.34. The van der Waals surface area contributed by atoms with Gasteiger partial charge in [-0.25, -0.2) is 17.6 Å². The van der Waals surface area contributed by atoms with Crippen LogP contribution in [0.2, 0.25) is 0 Å². The largest absolute Gasteiger partial charge is 0.497 e. The number of ether oxygens (including phenoxy) is 2. The van der Waals surface area contributed by atoms with E-state index in [-0.39, 0.29) is 63.6 Å². The van der Waals surface area contributed by atoms with Crippen LogP contribution in [0.1, 0.15) is 188 Å². The molecular weight excluding hydrogens is 985 g/mol. The van der Waals surface area contributed by atoms with Gasteiger partial charge in [-0.05, 0) is 193 Å². The summed E-state index contributed by atoms with van der Waals surface area (Å²) < 4.78 is 66.4. The van der Waals surface area contributed by atoms with Gasteiger partial charge in [-0.1, -0.05) is 24.3 Å². The lowest BCUT2D eigenvalue weighted by atomic mass is 9.78. The molecule has 2 aromatic rings. The van der Waals surface area contributed by atoms with Crippen LogP contribution >= 0.6 is 0 Å². The maximum atomic E-state index is 14.6. The van der Waals surface area contributed by atoms with E-state index >= 15 is 0 Å². The lowest BCUT2D eigenvalue weighted by Crippen LogP contribution is -2.68. The van der Waals surface area contributed by atoms with Gasteiger partial charge in [-0.15, -0.1) is 0 Å². The van der Waals surface area contributed by atoms with Crippen LogP contribution in [0.5, 0.6) is 11.5 Å². The molecule has 16 heteroatoms. The predicted molar refractivity (Wildman–Crippen MR) is 309 cm³/mol. The Bertz CT molecular complexity index is 2090. The van der Waals surface area contributed by atoms with Crippen LogP contribution in [0, 0.1) is 0 Å². The smallest absolute Gasteiger partial charge is 0.176 e. The fraction of sp³-hybridized carbons (Fsp3) is 0.770. The van der Waals surface area contributed by atoms with Crippen molar-refractivity contribution in [3.05, 3.63) is 59.7 Å². The van der Waals surface area contributed by atoms with Crippen LogP contribution < -0.4 is 52.4 Å². The first-order valence-corrected chi connectivity index (χ1v) is 27.8. The Kier molecular flexibility index (Phi) is 22.7. The second-order valence-electron chi connectivity index (χ2n) is 28.9. The summed E-state index contributed by atoms with van der Waals surface area (Å²) >= 11 is 0. The van der Waals surface area contributed by atoms with Crippen LogP contribution in [0.3, 0.4) is 0 Å². The van der Waals surface area contributed by atoms with Gasteiger partial charge in [0, 0.05) is 100 Å². The van der Waals surface area contributed by atoms with Crippen LogP contribution in [0.4, 0.5) is 17.6 Å². The minimum atomic E-state index is -1.37. The average molecular weight is 1090 g/mol. The predicted octanol–water partition coefficient (Wildman–Crippen LogP) is 10.2. The molecule has 5 aliphatic heterocycles. The van der Waals surface area contributed by atoms with Crippen molar-refractivity contribution in [3.8, 4) is 11.5 Å². The van der Waals surface area contributed by atoms with Crippen molar-refractivity contribution < 1.29 is 36.6 Å². The molecule has 5 saturated heterocycles. The number of nitrogens with two attached hydrogens (primary N) is 1. The molecule has 2 aromatic carbocycles.